The predicted molar refractivity (Wildman–Crippen MR) is 112 cm³/mol. The van der Waals surface area contributed by atoms with Crippen LogP contribution in [0.4, 0.5) is 5.69 Å². The first-order valence-corrected chi connectivity index (χ1v) is 10.1. The second-order valence-electron chi connectivity index (χ2n) is 7.46. The average Bonchev–Trinajstić information content (AvgIpc) is 2.71. The fraction of sp³-hybridized carbons (Fsp3) is 0.435. The molecule has 0 spiro atoms. The zero-order valence-corrected chi connectivity index (χ0v) is 16.5. The van der Waals surface area contributed by atoms with Crippen LogP contribution in [0.2, 0.25) is 0 Å². The first kappa shape index (κ1) is 20.4. The normalized spacial score (nSPS) is 18.0. The third kappa shape index (κ3) is 6.08. The summed E-state index contributed by atoms with van der Waals surface area (Å²) in [5.41, 5.74) is 3.70. The third-order valence-corrected chi connectivity index (χ3v) is 5.19. The molecular weight excluding hydrogens is 352 g/mol. The van der Waals surface area contributed by atoms with Gasteiger partial charge in [-0.3, -0.25) is 4.79 Å². The molecule has 1 heterocycles. The fourth-order valence-electron chi connectivity index (χ4n) is 3.73. The number of rotatable bonds is 9. The first-order valence-electron chi connectivity index (χ1n) is 10.1. The number of aliphatic carboxylic acids is 1. The summed E-state index contributed by atoms with van der Waals surface area (Å²) in [4.78, 5) is 13.5. The molecule has 2 aromatic rings. The Morgan fingerprint density at radius 1 is 1.21 bits per heavy atom. The molecule has 0 aromatic heterocycles. The van der Waals surface area contributed by atoms with E-state index in [0.29, 0.717) is 6.42 Å². The molecular formula is C23H30N2O3. The van der Waals surface area contributed by atoms with Gasteiger partial charge in [0.2, 0.25) is 0 Å². The fourth-order valence-corrected chi connectivity index (χ4v) is 3.73. The van der Waals surface area contributed by atoms with Gasteiger partial charge in [0, 0.05) is 37.8 Å². The molecule has 0 aliphatic carbocycles. The molecule has 1 aliphatic heterocycles. The summed E-state index contributed by atoms with van der Waals surface area (Å²) >= 11 is 0. The lowest BCUT2D eigenvalue weighted by molar-refractivity contribution is -0.137. The summed E-state index contributed by atoms with van der Waals surface area (Å²) in [7, 11) is 0. The number of ether oxygens (including phenoxy) is 1. The molecule has 0 amide bonds. The molecule has 5 nitrogen and oxygen atoms in total. The van der Waals surface area contributed by atoms with E-state index < -0.39 is 5.97 Å². The predicted octanol–water partition coefficient (Wildman–Crippen LogP) is 3.48. The number of nitrogens with zero attached hydrogens (tertiary/aromatic N) is 1. The molecule has 1 fully saturated rings. The van der Waals surface area contributed by atoms with Crippen LogP contribution in [0, 0.1) is 0 Å². The van der Waals surface area contributed by atoms with Crippen molar-refractivity contribution in [1.29, 1.82) is 0 Å². The summed E-state index contributed by atoms with van der Waals surface area (Å²) in [5.74, 6) is -0.748. The first-order chi connectivity index (χ1) is 13.6. The summed E-state index contributed by atoms with van der Waals surface area (Å²) in [6.45, 7) is 5.36. The lowest BCUT2D eigenvalue weighted by atomic mass is 10.0. The standard InChI is InChI=1S/C23H30N2O3/c1-18-17-25(13-14-28-18)22-10-6-5-9-20(22)16-24-21(11-12-23(26)27)15-19-7-3-2-4-8-19/h2-10,18,21,24H,11-17H2,1H3,(H,26,27). The van der Waals surface area contributed by atoms with Gasteiger partial charge in [-0.2, -0.15) is 0 Å². The van der Waals surface area contributed by atoms with Crippen LogP contribution in [-0.2, 0) is 22.5 Å². The molecule has 3 rings (SSSR count). The Kier molecular flexibility index (Phi) is 7.46. The Bertz CT molecular complexity index is 751. The molecule has 28 heavy (non-hydrogen) atoms. The highest BCUT2D eigenvalue weighted by Gasteiger charge is 2.19. The Morgan fingerprint density at radius 2 is 1.96 bits per heavy atom. The van der Waals surface area contributed by atoms with E-state index in [9.17, 15) is 4.79 Å². The van der Waals surface area contributed by atoms with Gasteiger partial charge in [-0.25, -0.2) is 0 Å². The van der Waals surface area contributed by atoms with Crippen LogP contribution in [0.5, 0.6) is 0 Å². The zero-order valence-electron chi connectivity index (χ0n) is 16.5. The number of anilines is 1. The van der Waals surface area contributed by atoms with Crippen molar-refractivity contribution >= 4 is 11.7 Å². The monoisotopic (exact) mass is 382 g/mol. The molecule has 150 valence electrons. The Balaban J connectivity index is 1.67. The average molecular weight is 383 g/mol. The topological polar surface area (TPSA) is 61.8 Å². The molecule has 2 N–H and O–H groups in total. The van der Waals surface area contributed by atoms with Crippen molar-refractivity contribution in [2.75, 3.05) is 24.6 Å². The number of carboxylic acids is 1. The number of hydrogen-bond donors (Lipinski definition) is 2. The van der Waals surface area contributed by atoms with Crippen molar-refractivity contribution in [3.8, 4) is 0 Å². The van der Waals surface area contributed by atoms with E-state index in [0.717, 1.165) is 32.7 Å². The van der Waals surface area contributed by atoms with E-state index in [4.69, 9.17) is 9.84 Å². The van der Waals surface area contributed by atoms with E-state index in [1.807, 2.05) is 18.2 Å². The minimum absolute atomic E-state index is 0.121. The Morgan fingerprint density at radius 3 is 2.71 bits per heavy atom. The van der Waals surface area contributed by atoms with Gasteiger partial charge in [0.15, 0.2) is 0 Å². The van der Waals surface area contributed by atoms with Gasteiger partial charge in [-0.1, -0.05) is 48.5 Å². The van der Waals surface area contributed by atoms with Crippen molar-refractivity contribution < 1.29 is 14.6 Å². The molecule has 0 saturated carbocycles. The van der Waals surface area contributed by atoms with Crippen molar-refractivity contribution in [1.82, 2.24) is 5.32 Å². The van der Waals surface area contributed by atoms with Crippen molar-refractivity contribution in [2.45, 2.75) is 44.9 Å². The number of hydrogen-bond acceptors (Lipinski definition) is 4. The van der Waals surface area contributed by atoms with Gasteiger partial charge in [0.25, 0.3) is 0 Å². The summed E-state index contributed by atoms with van der Waals surface area (Å²) < 4.78 is 5.68. The Labute approximate surface area is 167 Å². The van der Waals surface area contributed by atoms with E-state index in [1.165, 1.54) is 16.8 Å². The van der Waals surface area contributed by atoms with Crippen LogP contribution in [-0.4, -0.2) is 42.9 Å². The summed E-state index contributed by atoms with van der Waals surface area (Å²) in [6, 6.07) is 18.8. The summed E-state index contributed by atoms with van der Waals surface area (Å²) in [6.07, 6.45) is 1.84. The number of para-hydroxylation sites is 1. The lowest BCUT2D eigenvalue weighted by Crippen LogP contribution is -2.42. The quantitative estimate of drug-likeness (QED) is 0.695. The molecule has 2 atom stereocenters. The maximum absolute atomic E-state index is 11.1. The minimum atomic E-state index is -0.748. The Hall–Kier alpha value is -2.37. The van der Waals surface area contributed by atoms with Crippen molar-refractivity contribution in [2.24, 2.45) is 0 Å². The molecule has 1 saturated heterocycles. The molecule has 2 aromatic carbocycles. The molecule has 2 unspecified atom stereocenters. The van der Waals surface area contributed by atoms with E-state index in [1.54, 1.807) is 0 Å². The van der Waals surface area contributed by atoms with E-state index >= 15 is 0 Å². The number of morpholine rings is 1. The van der Waals surface area contributed by atoms with Gasteiger partial charge < -0.3 is 20.1 Å². The van der Waals surface area contributed by atoms with Gasteiger partial charge in [-0.05, 0) is 37.0 Å². The van der Waals surface area contributed by atoms with Crippen molar-refractivity contribution in [3.63, 3.8) is 0 Å². The van der Waals surface area contributed by atoms with Gasteiger partial charge in [-0.15, -0.1) is 0 Å². The second-order valence-corrected chi connectivity index (χ2v) is 7.46. The van der Waals surface area contributed by atoms with Gasteiger partial charge in [0.1, 0.15) is 0 Å². The van der Waals surface area contributed by atoms with Gasteiger partial charge in [0.05, 0.1) is 12.7 Å². The summed E-state index contributed by atoms with van der Waals surface area (Å²) in [5, 5.41) is 12.7. The van der Waals surface area contributed by atoms with Gasteiger partial charge >= 0.3 is 5.97 Å². The third-order valence-electron chi connectivity index (χ3n) is 5.19. The van der Waals surface area contributed by atoms with Crippen LogP contribution >= 0.6 is 0 Å². The molecule has 1 aliphatic rings. The van der Waals surface area contributed by atoms with Crippen molar-refractivity contribution in [3.05, 3.63) is 65.7 Å². The largest absolute Gasteiger partial charge is 0.481 e. The van der Waals surface area contributed by atoms with Crippen LogP contribution in [0.25, 0.3) is 0 Å². The smallest absolute Gasteiger partial charge is 0.303 e. The molecule has 0 bridgehead atoms. The maximum atomic E-state index is 11.1. The number of benzene rings is 2. The SMILES string of the molecule is CC1CN(c2ccccc2CNC(CCC(=O)O)Cc2ccccc2)CCO1. The van der Waals surface area contributed by atoms with E-state index in [-0.39, 0.29) is 18.6 Å². The molecule has 5 heteroatoms. The number of carbonyl (C=O) groups is 1. The second kappa shape index (κ2) is 10.2. The number of nitrogens with one attached hydrogen (secondary N) is 1. The van der Waals surface area contributed by atoms with Crippen LogP contribution in [0.15, 0.2) is 54.6 Å². The highest BCUT2D eigenvalue weighted by Crippen LogP contribution is 2.23. The van der Waals surface area contributed by atoms with Crippen LogP contribution in [0.3, 0.4) is 0 Å². The highest BCUT2D eigenvalue weighted by atomic mass is 16.5. The maximum Gasteiger partial charge on any atom is 0.303 e. The zero-order chi connectivity index (χ0) is 19.8. The number of carboxylic acid groups (broad SMARTS) is 1. The van der Waals surface area contributed by atoms with Crippen LogP contribution < -0.4 is 10.2 Å². The molecule has 0 radical (unpaired) electrons. The minimum Gasteiger partial charge on any atom is -0.481 e. The van der Waals surface area contributed by atoms with Crippen LogP contribution in [0.1, 0.15) is 30.9 Å². The van der Waals surface area contributed by atoms with E-state index in [2.05, 4.69) is 53.5 Å². The lowest BCUT2D eigenvalue weighted by Gasteiger charge is -2.34. The highest BCUT2D eigenvalue weighted by molar-refractivity contribution is 5.66.